The highest BCUT2D eigenvalue weighted by Crippen LogP contribution is 2.26. The predicted molar refractivity (Wildman–Crippen MR) is 77.3 cm³/mol. The molecule has 0 saturated carbocycles. The molecular weight excluding hydrogens is 298 g/mol. The third kappa shape index (κ3) is 2.00. The van der Waals surface area contributed by atoms with Gasteiger partial charge in [0, 0.05) is 24.0 Å². The number of sulfonamides is 1. The zero-order chi connectivity index (χ0) is 14.3. The monoisotopic (exact) mass is 309 g/mol. The minimum Gasteiger partial charge on any atom is -0.381 e. The molecule has 0 saturated heterocycles. The molecule has 104 valence electrons. The molecule has 0 aromatic carbocycles. The fraction of sp³-hybridized carbons (Fsp3) is 0.0909. The maximum atomic E-state index is 12.5. The number of hydrogen-bond donors (Lipinski definition) is 2. The first-order chi connectivity index (χ1) is 9.49. The summed E-state index contributed by atoms with van der Waals surface area (Å²) in [6.07, 6.45) is 4.72. The van der Waals surface area contributed by atoms with Gasteiger partial charge < -0.3 is 5.73 Å². The molecule has 0 aliphatic heterocycles. The zero-order valence-electron chi connectivity index (χ0n) is 10.4. The van der Waals surface area contributed by atoms with Gasteiger partial charge in [0.15, 0.2) is 10.8 Å². The minimum absolute atomic E-state index is 0.0175. The van der Waals surface area contributed by atoms with E-state index in [4.69, 9.17) is 5.73 Å². The molecule has 3 heterocycles. The second-order valence-electron chi connectivity index (χ2n) is 4.15. The lowest BCUT2D eigenvalue weighted by atomic mass is 10.3. The van der Waals surface area contributed by atoms with Gasteiger partial charge in [0.25, 0.3) is 10.0 Å². The van der Waals surface area contributed by atoms with Gasteiger partial charge >= 0.3 is 0 Å². The topological polar surface area (TPSA) is 102 Å². The molecular formula is C11H11N5O2S2. The van der Waals surface area contributed by atoms with Crippen LogP contribution in [0.25, 0.3) is 4.96 Å². The first kappa shape index (κ1) is 12.9. The molecule has 3 aromatic rings. The van der Waals surface area contributed by atoms with E-state index in [9.17, 15) is 8.42 Å². The van der Waals surface area contributed by atoms with Gasteiger partial charge in [-0.1, -0.05) is 0 Å². The summed E-state index contributed by atoms with van der Waals surface area (Å²) >= 11 is 1.32. The first-order valence-corrected chi connectivity index (χ1v) is 8.00. The Bertz CT molecular complexity index is 881. The third-order valence-corrected chi connectivity index (χ3v) is 4.92. The summed E-state index contributed by atoms with van der Waals surface area (Å²) in [5, 5.41) is 1.70. The highest BCUT2D eigenvalue weighted by atomic mass is 32.2. The van der Waals surface area contributed by atoms with Gasteiger partial charge in [-0.2, -0.15) is 8.42 Å². The number of imidazole rings is 1. The van der Waals surface area contributed by atoms with Crippen LogP contribution in [-0.2, 0) is 10.0 Å². The largest absolute Gasteiger partial charge is 0.381 e. The third-order valence-electron chi connectivity index (χ3n) is 2.76. The number of nitrogens with two attached hydrogens (primary N) is 1. The summed E-state index contributed by atoms with van der Waals surface area (Å²) in [6, 6.07) is 1.59. The maximum Gasteiger partial charge on any atom is 0.281 e. The number of rotatable bonds is 3. The van der Waals surface area contributed by atoms with Gasteiger partial charge in [-0.25, -0.2) is 4.98 Å². The van der Waals surface area contributed by atoms with Gasteiger partial charge in [0.1, 0.15) is 0 Å². The van der Waals surface area contributed by atoms with E-state index in [1.165, 1.54) is 21.9 Å². The average molecular weight is 309 g/mol. The Morgan fingerprint density at radius 3 is 3.00 bits per heavy atom. The number of anilines is 2. The normalized spacial score (nSPS) is 11.8. The van der Waals surface area contributed by atoms with E-state index in [1.54, 1.807) is 30.8 Å². The molecule has 0 fully saturated rings. The lowest BCUT2D eigenvalue weighted by molar-refractivity contribution is 0.597. The number of aryl methyl sites for hydroxylation is 1. The van der Waals surface area contributed by atoms with Gasteiger partial charge in [-0.3, -0.25) is 14.1 Å². The van der Waals surface area contributed by atoms with Crippen molar-refractivity contribution in [3.63, 3.8) is 0 Å². The van der Waals surface area contributed by atoms with Crippen LogP contribution < -0.4 is 10.5 Å². The molecule has 0 radical (unpaired) electrons. The number of thiazole rings is 1. The van der Waals surface area contributed by atoms with E-state index in [-0.39, 0.29) is 10.8 Å². The van der Waals surface area contributed by atoms with E-state index in [0.29, 0.717) is 10.6 Å². The molecule has 20 heavy (non-hydrogen) atoms. The lowest BCUT2D eigenvalue weighted by Crippen LogP contribution is -2.17. The molecule has 3 aromatic heterocycles. The van der Waals surface area contributed by atoms with E-state index in [1.807, 2.05) is 0 Å². The Balaban J connectivity index is 2.11. The van der Waals surface area contributed by atoms with Crippen LogP contribution in [0.5, 0.6) is 0 Å². The number of nitrogens with one attached hydrogen (secondary N) is 1. The van der Waals surface area contributed by atoms with Crippen LogP contribution in [0.1, 0.15) is 5.56 Å². The molecule has 0 atom stereocenters. The Labute approximate surface area is 119 Å². The second kappa shape index (κ2) is 4.46. The van der Waals surface area contributed by atoms with Crippen molar-refractivity contribution in [3.05, 3.63) is 35.6 Å². The Kier molecular flexibility index (Phi) is 2.87. The number of nitrogen functional groups attached to an aromatic ring is 1. The maximum absolute atomic E-state index is 12.5. The smallest absolute Gasteiger partial charge is 0.281 e. The average Bonchev–Trinajstić information content (AvgIpc) is 2.91. The van der Waals surface area contributed by atoms with E-state index >= 15 is 0 Å². The van der Waals surface area contributed by atoms with Crippen molar-refractivity contribution in [3.8, 4) is 0 Å². The predicted octanol–water partition coefficient (Wildman–Crippen LogP) is 1.48. The summed E-state index contributed by atoms with van der Waals surface area (Å²) in [4.78, 5) is 8.49. The first-order valence-electron chi connectivity index (χ1n) is 5.63. The second-order valence-corrected chi connectivity index (χ2v) is 6.62. The molecule has 0 unspecified atom stereocenters. The molecule has 3 rings (SSSR count). The van der Waals surface area contributed by atoms with E-state index in [0.717, 1.165) is 5.56 Å². The number of nitrogens with zero attached hydrogens (tertiary/aromatic N) is 3. The number of aromatic nitrogens is 3. The summed E-state index contributed by atoms with van der Waals surface area (Å²) in [5.74, 6) is -0.0175. The quantitative estimate of drug-likeness (QED) is 0.763. The molecule has 7 nitrogen and oxygen atoms in total. The van der Waals surface area contributed by atoms with Crippen LogP contribution in [-0.4, -0.2) is 22.8 Å². The fourth-order valence-corrected chi connectivity index (χ4v) is 3.95. The van der Waals surface area contributed by atoms with Crippen molar-refractivity contribution in [2.45, 2.75) is 11.9 Å². The van der Waals surface area contributed by atoms with Gasteiger partial charge in [0.2, 0.25) is 5.03 Å². The van der Waals surface area contributed by atoms with Crippen LogP contribution in [0.15, 0.2) is 35.1 Å². The molecule has 9 heteroatoms. The van der Waals surface area contributed by atoms with Gasteiger partial charge in [0.05, 0.1) is 5.69 Å². The summed E-state index contributed by atoms with van der Waals surface area (Å²) in [7, 11) is -3.82. The van der Waals surface area contributed by atoms with Gasteiger partial charge in [-0.05, 0) is 18.6 Å². The molecule has 0 spiro atoms. The van der Waals surface area contributed by atoms with Crippen molar-refractivity contribution in [1.29, 1.82) is 0 Å². The van der Waals surface area contributed by atoms with E-state index in [2.05, 4.69) is 14.7 Å². The molecule has 0 aliphatic carbocycles. The van der Waals surface area contributed by atoms with E-state index < -0.39 is 10.0 Å². The lowest BCUT2D eigenvalue weighted by Gasteiger charge is -2.09. The molecule has 0 amide bonds. The highest BCUT2D eigenvalue weighted by molar-refractivity contribution is 7.92. The van der Waals surface area contributed by atoms with Crippen LogP contribution in [0, 0.1) is 6.92 Å². The Morgan fingerprint density at radius 1 is 1.45 bits per heavy atom. The molecule has 0 bridgehead atoms. The van der Waals surface area contributed by atoms with Crippen molar-refractivity contribution in [1.82, 2.24) is 14.4 Å². The Morgan fingerprint density at radius 2 is 2.25 bits per heavy atom. The summed E-state index contributed by atoms with van der Waals surface area (Å²) in [5.41, 5.74) is 6.90. The molecule has 0 aliphatic rings. The summed E-state index contributed by atoms with van der Waals surface area (Å²) in [6.45, 7) is 1.77. The van der Waals surface area contributed by atoms with Crippen molar-refractivity contribution in [2.24, 2.45) is 0 Å². The standard InChI is InChI=1S/C11H11N5O2S2/c1-7-6-13-3-2-8(7)15-20(17,18)10-9(12)14-11-16(10)4-5-19-11/h2-6H,12H2,1H3,(H,13,15). The SMILES string of the molecule is Cc1cnccc1NS(=O)(=O)c1c(N)nc2sccn12. The summed E-state index contributed by atoms with van der Waals surface area (Å²) < 4.78 is 28.9. The van der Waals surface area contributed by atoms with Crippen LogP contribution in [0.2, 0.25) is 0 Å². The fourth-order valence-electron chi connectivity index (χ4n) is 1.83. The number of pyridine rings is 1. The Hall–Kier alpha value is -2.13. The van der Waals surface area contributed by atoms with Crippen molar-refractivity contribution < 1.29 is 8.42 Å². The van der Waals surface area contributed by atoms with Crippen LogP contribution >= 0.6 is 11.3 Å². The number of hydrogen-bond acceptors (Lipinski definition) is 6. The zero-order valence-corrected chi connectivity index (χ0v) is 12.1. The van der Waals surface area contributed by atoms with Crippen LogP contribution in [0.4, 0.5) is 11.5 Å². The highest BCUT2D eigenvalue weighted by Gasteiger charge is 2.25. The van der Waals surface area contributed by atoms with Crippen molar-refractivity contribution in [2.75, 3.05) is 10.5 Å². The molecule has 3 N–H and O–H groups in total. The van der Waals surface area contributed by atoms with Gasteiger partial charge in [-0.15, -0.1) is 11.3 Å². The van der Waals surface area contributed by atoms with Crippen molar-refractivity contribution >= 4 is 37.8 Å². The minimum atomic E-state index is -3.82. The van der Waals surface area contributed by atoms with Crippen LogP contribution in [0.3, 0.4) is 0 Å². The number of fused-ring (bicyclic) bond motifs is 1.